The molecule has 1 atom stereocenters. The summed E-state index contributed by atoms with van der Waals surface area (Å²) in [4.78, 5) is 0. The molecule has 0 spiro atoms. The second kappa shape index (κ2) is 3.58. The zero-order valence-corrected chi connectivity index (χ0v) is 9.45. The van der Waals surface area contributed by atoms with Gasteiger partial charge in [0.15, 0.2) is 9.84 Å². The molecule has 0 amide bonds. The number of nitrogens with one attached hydrogen (secondary N) is 1. The lowest BCUT2D eigenvalue weighted by molar-refractivity contribution is 0.481. The molecule has 0 aromatic heterocycles. The average Bonchev–Trinajstić information content (AvgIpc) is 2.04. The fourth-order valence-corrected chi connectivity index (χ4v) is 3.40. The fraction of sp³-hybridized carbons (Fsp3) is 1.00. The van der Waals surface area contributed by atoms with E-state index in [2.05, 4.69) is 5.32 Å². The highest BCUT2D eigenvalue weighted by Crippen LogP contribution is 2.24. The molecule has 0 radical (unpaired) electrons. The number of rotatable bonds is 1. The lowest BCUT2D eigenvalue weighted by Gasteiger charge is -2.29. The molecule has 1 unspecified atom stereocenters. The molecule has 4 heteroatoms. The van der Waals surface area contributed by atoms with Gasteiger partial charge in [0.05, 0.1) is 10.00 Å². The monoisotopic (exact) mass is 205 g/mol. The minimum Gasteiger partial charge on any atom is -0.315 e. The van der Waals surface area contributed by atoms with Crippen LogP contribution in [-0.4, -0.2) is 31.5 Å². The average molecular weight is 205 g/mol. The summed E-state index contributed by atoms with van der Waals surface area (Å²) in [5.74, 6) is 0. The van der Waals surface area contributed by atoms with Crippen LogP contribution in [0.3, 0.4) is 0 Å². The summed E-state index contributed by atoms with van der Waals surface area (Å²) in [6.07, 6.45) is 1.78. The van der Waals surface area contributed by atoms with Gasteiger partial charge in [-0.1, -0.05) is 0 Å². The van der Waals surface area contributed by atoms with E-state index in [9.17, 15) is 8.42 Å². The largest absolute Gasteiger partial charge is 0.315 e. The maximum atomic E-state index is 12.0. The van der Waals surface area contributed by atoms with E-state index in [1.54, 1.807) is 20.8 Å². The molecule has 78 valence electrons. The van der Waals surface area contributed by atoms with Gasteiger partial charge in [0.1, 0.15) is 0 Å². The van der Waals surface area contributed by atoms with Gasteiger partial charge in [-0.25, -0.2) is 8.42 Å². The predicted octanol–water partition coefficient (Wildman–Crippen LogP) is 0.952. The Morgan fingerprint density at radius 1 is 1.31 bits per heavy atom. The Morgan fingerprint density at radius 2 is 1.92 bits per heavy atom. The van der Waals surface area contributed by atoms with E-state index < -0.39 is 14.6 Å². The topological polar surface area (TPSA) is 46.2 Å². The molecule has 1 heterocycles. The second-order valence-corrected chi connectivity index (χ2v) is 7.61. The van der Waals surface area contributed by atoms with Crippen LogP contribution in [0.4, 0.5) is 0 Å². The van der Waals surface area contributed by atoms with Crippen molar-refractivity contribution in [2.45, 2.75) is 43.6 Å². The molecular weight excluding hydrogens is 186 g/mol. The van der Waals surface area contributed by atoms with Crippen molar-refractivity contribution in [1.29, 1.82) is 0 Å². The normalized spacial score (nSPS) is 25.9. The zero-order chi connectivity index (χ0) is 10.1. The number of sulfone groups is 1. The van der Waals surface area contributed by atoms with Gasteiger partial charge >= 0.3 is 0 Å². The highest BCUT2D eigenvalue weighted by molar-refractivity contribution is 7.93. The van der Waals surface area contributed by atoms with Crippen molar-refractivity contribution < 1.29 is 8.42 Å². The summed E-state index contributed by atoms with van der Waals surface area (Å²) in [5.41, 5.74) is 0. The molecular formula is C9H19NO2S. The number of hydrogen-bond acceptors (Lipinski definition) is 3. The Kier molecular flexibility index (Phi) is 3.02. The smallest absolute Gasteiger partial charge is 0.159 e. The summed E-state index contributed by atoms with van der Waals surface area (Å²) in [5, 5.41) is 2.95. The fourth-order valence-electron chi connectivity index (χ4n) is 1.58. The molecule has 1 fully saturated rings. The Hall–Kier alpha value is -0.0900. The van der Waals surface area contributed by atoms with Gasteiger partial charge < -0.3 is 5.32 Å². The highest BCUT2D eigenvalue weighted by atomic mass is 32.2. The molecule has 0 aromatic carbocycles. The van der Waals surface area contributed by atoms with Crippen LogP contribution in [0.5, 0.6) is 0 Å². The maximum Gasteiger partial charge on any atom is 0.159 e. The molecule has 0 saturated carbocycles. The SMILES string of the molecule is CC(C)(C)S(=O)(=O)C1CCCNC1. The molecule has 0 bridgehead atoms. The Morgan fingerprint density at radius 3 is 2.31 bits per heavy atom. The van der Waals surface area contributed by atoms with Crippen LogP contribution in [0.15, 0.2) is 0 Å². The lowest BCUT2D eigenvalue weighted by atomic mass is 10.2. The number of hydrogen-bond donors (Lipinski definition) is 1. The van der Waals surface area contributed by atoms with E-state index >= 15 is 0 Å². The first kappa shape index (κ1) is 11.0. The quantitative estimate of drug-likeness (QED) is 0.693. The Balaban J connectivity index is 2.80. The molecule has 13 heavy (non-hydrogen) atoms. The van der Waals surface area contributed by atoms with Crippen molar-refractivity contribution in [2.75, 3.05) is 13.1 Å². The zero-order valence-electron chi connectivity index (χ0n) is 8.63. The van der Waals surface area contributed by atoms with Crippen LogP contribution >= 0.6 is 0 Å². The minimum atomic E-state index is -2.96. The summed E-state index contributed by atoms with van der Waals surface area (Å²) < 4.78 is 23.3. The van der Waals surface area contributed by atoms with Gasteiger partial charge in [0, 0.05) is 6.54 Å². The summed E-state index contributed by atoms with van der Waals surface area (Å²) in [6.45, 7) is 6.90. The van der Waals surface area contributed by atoms with Crippen molar-refractivity contribution in [3.05, 3.63) is 0 Å². The van der Waals surface area contributed by atoms with Crippen LogP contribution < -0.4 is 5.32 Å². The van der Waals surface area contributed by atoms with Crippen molar-refractivity contribution in [2.24, 2.45) is 0 Å². The van der Waals surface area contributed by atoms with Crippen LogP contribution in [0.25, 0.3) is 0 Å². The number of piperidine rings is 1. The van der Waals surface area contributed by atoms with E-state index in [1.165, 1.54) is 0 Å². The third-order valence-electron chi connectivity index (χ3n) is 2.54. The van der Waals surface area contributed by atoms with E-state index in [0.717, 1.165) is 19.4 Å². The van der Waals surface area contributed by atoms with Gasteiger partial charge in [-0.2, -0.15) is 0 Å². The lowest BCUT2D eigenvalue weighted by Crippen LogP contribution is -2.45. The van der Waals surface area contributed by atoms with E-state index in [4.69, 9.17) is 0 Å². The van der Waals surface area contributed by atoms with Gasteiger partial charge in [0.25, 0.3) is 0 Å². The summed E-state index contributed by atoms with van der Waals surface area (Å²) in [7, 11) is -2.96. The molecule has 1 aliphatic heterocycles. The van der Waals surface area contributed by atoms with Crippen molar-refractivity contribution in [3.8, 4) is 0 Å². The minimum absolute atomic E-state index is 0.179. The molecule has 1 saturated heterocycles. The summed E-state index contributed by atoms with van der Waals surface area (Å²) in [6, 6.07) is 0. The van der Waals surface area contributed by atoms with Gasteiger partial charge in [-0.15, -0.1) is 0 Å². The molecule has 1 N–H and O–H groups in total. The van der Waals surface area contributed by atoms with Crippen LogP contribution in [0.1, 0.15) is 33.6 Å². The second-order valence-electron chi connectivity index (χ2n) is 4.63. The molecule has 0 aromatic rings. The van der Waals surface area contributed by atoms with Crippen LogP contribution in [-0.2, 0) is 9.84 Å². The van der Waals surface area contributed by atoms with Gasteiger partial charge in [-0.05, 0) is 40.2 Å². The van der Waals surface area contributed by atoms with Gasteiger partial charge in [0.2, 0.25) is 0 Å². The van der Waals surface area contributed by atoms with Crippen LogP contribution in [0.2, 0.25) is 0 Å². The third-order valence-corrected chi connectivity index (χ3v) is 5.53. The standard InChI is InChI=1S/C9H19NO2S/c1-9(2,3)13(11,12)8-5-4-6-10-7-8/h8,10H,4-7H2,1-3H3. The van der Waals surface area contributed by atoms with Crippen molar-refractivity contribution in [3.63, 3.8) is 0 Å². The van der Waals surface area contributed by atoms with Gasteiger partial charge in [-0.3, -0.25) is 0 Å². The molecule has 3 nitrogen and oxygen atoms in total. The van der Waals surface area contributed by atoms with Crippen molar-refractivity contribution in [1.82, 2.24) is 5.32 Å². The first-order chi connectivity index (χ1) is 5.86. The highest BCUT2D eigenvalue weighted by Gasteiger charge is 2.37. The van der Waals surface area contributed by atoms with E-state index in [1.807, 2.05) is 0 Å². The molecule has 1 aliphatic rings. The van der Waals surface area contributed by atoms with E-state index in [0.29, 0.717) is 6.54 Å². The Labute approximate surface area is 80.8 Å². The van der Waals surface area contributed by atoms with Crippen molar-refractivity contribution >= 4 is 9.84 Å². The summed E-state index contributed by atoms with van der Waals surface area (Å²) >= 11 is 0. The van der Waals surface area contributed by atoms with Crippen LogP contribution in [0, 0.1) is 0 Å². The Bertz CT molecular complexity index is 258. The maximum absolute atomic E-state index is 12.0. The van der Waals surface area contributed by atoms with E-state index in [-0.39, 0.29) is 5.25 Å². The molecule has 1 rings (SSSR count). The third kappa shape index (κ3) is 2.23. The predicted molar refractivity (Wildman–Crippen MR) is 54.6 cm³/mol. The molecule has 0 aliphatic carbocycles. The first-order valence-electron chi connectivity index (χ1n) is 4.80. The first-order valence-corrected chi connectivity index (χ1v) is 6.34.